The Morgan fingerprint density at radius 2 is 2.00 bits per heavy atom. The van der Waals surface area contributed by atoms with E-state index in [0.29, 0.717) is 5.69 Å². The Morgan fingerprint density at radius 1 is 1.20 bits per heavy atom. The first-order valence-electron chi connectivity index (χ1n) is 4.60. The quantitative estimate of drug-likeness (QED) is 0.781. The molecule has 2 aromatic rings. The number of hydrogen-bond donors (Lipinski definition) is 1. The fourth-order valence-corrected chi connectivity index (χ4v) is 2.30. The Kier molecular flexibility index (Phi) is 2.70. The molecule has 2 rings (SSSR count). The van der Waals surface area contributed by atoms with E-state index in [0.717, 1.165) is 10.4 Å². The molecule has 0 spiro atoms. The topological polar surface area (TPSA) is 49.8 Å². The molecule has 0 amide bonds. The summed E-state index contributed by atoms with van der Waals surface area (Å²) in [5.41, 5.74) is 7.43. The minimum absolute atomic E-state index is 0.244. The third kappa shape index (κ3) is 1.85. The van der Waals surface area contributed by atoms with Crippen LogP contribution in [0.1, 0.15) is 16.4 Å². The molecule has 0 fully saturated rings. The van der Waals surface area contributed by atoms with Crippen LogP contribution in [0.25, 0.3) is 0 Å². The smallest absolute Gasteiger partial charge is 0.107 e. The van der Waals surface area contributed by atoms with Crippen molar-refractivity contribution < 1.29 is 0 Å². The number of nitriles is 1. The summed E-state index contributed by atoms with van der Waals surface area (Å²) in [7, 11) is 0. The molecule has 1 unspecified atom stereocenters. The van der Waals surface area contributed by atoms with E-state index in [2.05, 4.69) is 6.07 Å². The van der Waals surface area contributed by atoms with Gasteiger partial charge in [0.15, 0.2) is 0 Å². The Labute approximate surface area is 92.6 Å². The maximum Gasteiger partial charge on any atom is 0.107 e. The van der Waals surface area contributed by atoms with Crippen LogP contribution in [0.2, 0.25) is 0 Å². The van der Waals surface area contributed by atoms with E-state index in [1.807, 2.05) is 41.8 Å². The number of nitrogens with two attached hydrogens (primary N) is 1. The van der Waals surface area contributed by atoms with Crippen molar-refractivity contribution in [3.05, 3.63) is 52.2 Å². The number of hydrogen-bond acceptors (Lipinski definition) is 3. The molecule has 3 heteroatoms. The molecule has 15 heavy (non-hydrogen) atoms. The number of rotatable bonds is 2. The van der Waals surface area contributed by atoms with Gasteiger partial charge in [-0.3, -0.25) is 0 Å². The molecule has 1 heterocycles. The van der Waals surface area contributed by atoms with Gasteiger partial charge in [-0.15, -0.1) is 11.3 Å². The summed E-state index contributed by atoms with van der Waals surface area (Å²) < 4.78 is 0. The van der Waals surface area contributed by atoms with Crippen molar-refractivity contribution in [3.8, 4) is 6.07 Å². The molecule has 1 aromatic heterocycles. The van der Waals surface area contributed by atoms with Crippen molar-refractivity contribution in [2.75, 3.05) is 5.73 Å². The van der Waals surface area contributed by atoms with Crippen LogP contribution < -0.4 is 5.73 Å². The highest BCUT2D eigenvalue weighted by molar-refractivity contribution is 7.10. The highest BCUT2D eigenvalue weighted by atomic mass is 32.1. The molecule has 1 atom stereocenters. The summed E-state index contributed by atoms with van der Waals surface area (Å²) in [4.78, 5) is 1.04. The summed E-state index contributed by atoms with van der Waals surface area (Å²) in [5.74, 6) is -0.244. The zero-order valence-corrected chi connectivity index (χ0v) is 8.87. The van der Waals surface area contributed by atoms with E-state index in [4.69, 9.17) is 5.73 Å². The van der Waals surface area contributed by atoms with Crippen LogP contribution in [0.3, 0.4) is 0 Å². The van der Waals surface area contributed by atoms with Crippen LogP contribution in [-0.4, -0.2) is 0 Å². The lowest BCUT2D eigenvalue weighted by Crippen LogP contribution is -2.00. The average molecular weight is 214 g/mol. The molecule has 74 valence electrons. The van der Waals surface area contributed by atoms with E-state index in [1.165, 1.54) is 0 Å². The van der Waals surface area contributed by atoms with Gasteiger partial charge in [0.2, 0.25) is 0 Å². The van der Waals surface area contributed by atoms with Gasteiger partial charge in [-0.2, -0.15) is 5.26 Å². The van der Waals surface area contributed by atoms with Crippen molar-refractivity contribution in [2.24, 2.45) is 0 Å². The molecule has 0 saturated heterocycles. The molecule has 1 aromatic carbocycles. The lowest BCUT2D eigenvalue weighted by atomic mass is 9.97. The number of nitrogen functional groups attached to an aromatic ring is 1. The van der Waals surface area contributed by atoms with Crippen LogP contribution in [-0.2, 0) is 0 Å². The first kappa shape index (κ1) is 9.75. The third-order valence-electron chi connectivity index (χ3n) is 2.26. The van der Waals surface area contributed by atoms with Gasteiger partial charge >= 0.3 is 0 Å². The molecule has 2 N–H and O–H groups in total. The minimum atomic E-state index is -0.244. The molecule has 0 radical (unpaired) electrons. The largest absolute Gasteiger partial charge is 0.398 e. The van der Waals surface area contributed by atoms with Crippen LogP contribution in [0.15, 0.2) is 41.8 Å². The zero-order valence-electron chi connectivity index (χ0n) is 8.05. The number of thiophene rings is 1. The summed E-state index contributed by atoms with van der Waals surface area (Å²) in [5, 5.41) is 11.1. The summed E-state index contributed by atoms with van der Waals surface area (Å²) in [6, 6.07) is 13.7. The SMILES string of the molecule is N#CC(c1cccs1)c1ccccc1N. The average Bonchev–Trinajstić information content (AvgIpc) is 2.75. The highest BCUT2D eigenvalue weighted by Gasteiger charge is 2.16. The Morgan fingerprint density at radius 3 is 2.60 bits per heavy atom. The van der Waals surface area contributed by atoms with Crippen LogP contribution >= 0.6 is 11.3 Å². The van der Waals surface area contributed by atoms with Gasteiger partial charge in [0.1, 0.15) is 5.92 Å². The van der Waals surface area contributed by atoms with Crippen LogP contribution in [0, 0.1) is 11.3 Å². The fourth-order valence-electron chi connectivity index (χ4n) is 1.52. The Balaban J connectivity index is 2.46. The first-order valence-corrected chi connectivity index (χ1v) is 5.48. The standard InChI is InChI=1S/C12H10N2S/c13-8-10(12-6-3-7-15-12)9-4-1-2-5-11(9)14/h1-7,10H,14H2. The Bertz CT molecular complexity index is 483. The molecular formula is C12H10N2S. The second kappa shape index (κ2) is 4.16. The molecule has 0 aliphatic carbocycles. The summed E-state index contributed by atoms with van der Waals surface area (Å²) >= 11 is 1.58. The van der Waals surface area contributed by atoms with E-state index in [1.54, 1.807) is 11.3 Å². The molecule has 0 bridgehead atoms. The summed E-state index contributed by atoms with van der Waals surface area (Å²) in [6.07, 6.45) is 0. The zero-order chi connectivity index (χ0) is 10.7. The maximum absolute atomic E-state index is 9.18. The second-order valence-electron chi connectivity index (χ2n) is 3.21. The van der Waals surface area contributed by atoms with Crippen molar-refractivity contribution in [2.45, 2.75) is 5.92 Å². The van der Waals surface area contributed by atoms with Gasteiger partial charge in [0, 0.05) is 10.6 Å². The monoisotopic (exact) mass is 214 g/mol. The van der Waals surface area contributed by atoms with Gasteiger partial charge in [0.25, 0.3) is 0 Å². The number of para-hydroxylation sites is 1. The molecular weight excluding hydrogens is 204 g/mol. The molecule has 0 aliphatic heterocycles. The van der Waals surface area contributed by atoms with Gasteiger partial charge < -0.3 is 5.73 Å². The third-order valence-corrected chi connectivity index (χ3v) is 3.20. The van der Waals surface area contributed by atoms with E-state index >= 15 is 0 Å². The summed E-state index contributed by atoms with van der Waals surface area (Å²) in [6.45, 7) is 0. The fraction of sp³-hybridized carbons (Fsp3) is 0.0833. The first-order chi connectivity index (χ1) is 7.33. The van der Waals surface area contributed by atoms with E-state index in [9.17, 15) is 5.26 Å². The van der Waals surface area contributed by atoms with Gasteiger partial charge in [-0.05, 0) is 23.1 Å². The van der Waals surface area contributed by atoms with E-state index in [-0.39, 0.29) is 5.92 Å². The minimum Gasteiger partial charge on any atom is -0.398 e. The van der Waals surface area contributed by atoms with E-state index < -0.39 is 0 Å². The maximum atomic E-state index is 9.18. The van der Waals surface area contributed by atoms with Crippen molar-refractivity contribution in [3.63, 3.8) is 0 Å². The number of nitrogens with zero attached hydrogens (tertiary/aromatic N) is 1. The second-order valence-corrected chi connectivity index (χ2v) is 4.19. The van der Waals surface area contributed by atoms with Crippen molar-refractivity contribution in [1.82, 2.24) is 0 Å². The van der Waals surface area contributed by atoms with Gasteiger partial charge in [-0.25, -0.2) is 0 Å². The molecule has 0 aliphatic rings. The lowest BCUT2D eigenvalue weighted by Gasteiger charge is -2.09. The predicted molar refractivity (Wildman–Crippen MR) is 62.6 cm³/mol. The highest BCUT2D eigenvalue weighted by Crippen LogP contribution is 2.30. The van der Waals surface area contributed by atoms with Crippen LogP contribution in [0.5, 0.6) is 0 Å². The van der Waals surface area contributed by atoms with Gasteiger partial charge in [0.05, 0.1) is 6.07 Å². The molecule has 2 nitrogen and oxygen atoms in total. The number of benzene rings is 1. The predicted octanol–water partition coefficient (Wildman–Crippen LogP) is 2.99. The Hall–Kier alpha value is -1.79. The van der Waals surface area contributed by atoms with Gasteiger partial charge in [-0.1, -0.05) is 24.3 Å². The van der Waals surface area contributed by atoms with Crippen molar-refractivity contribution >= 4 is 17.0 Å². The number of anilines is 1. The normalized spacial score (nSPS) is 11.9. The van der Waals surface area contributed by atoms with Crippen molar-refractivity contribution in [1.29, 1.82) is 5.26 Å². The lowest BCUT2D eigenvalue weighted by molar-refractivity contribution is 1.07. The van der Waals surface area contributed by atoms with Crippen LogP contribution in [0.4, 0.5) is 5.69 Å². The molecule has 0 saturated carbocycles.